The van der Waals surface area contributed by atoms with Crippen LogP contribution in [0.3, 0.4) is 0 Å². The van der Waals surface area contributed by atoms with Gasteiger partial charge >= 0.3 is 0 Å². The number of allylic oxidation sites excluding steroid dienone is 3. The number of nitrogens with two attached hydrogens (primary N) is 1. The third kappa shape index (κ3) is 4.22. The van der Waals surface area contributed by atoms with Gasteiger partial charge in [0.25, 0.3) is 5.91 Å². The zero-order chi connectivity index (χ0) is 19.3. The summed E-state index contributed by atoms with van der Waals surface area (Å²) in [4.78, 5) is 42.2. The lowest BCUT2D eigenvalue weighted by atomic mass is 9.98. The third-order valence-corrected chi connectivity index (χ3v) is 5.69. The van der Waals surface area contributed by atoms with Gasteiger partial charge in [-0.1, -0.05) is 15.9 Å². The van der Waals surface area contributed by atoms with Crippen LogP contribution in [0.15, 0.2) is 42.8 Å². The minimum atomic E-state index is -0.589. The molecule has 5 N–H and O–H groups in total. The Bertz CT molecular complexity index is 891. The molecule has 8 nitrogen and oxygen atoms in total. The Morgan fingerprint density at radius 1 is 1.00 bits per heavy atom. The minimum Gasteiger partial charge on any atom is -0.352 e. The number of carbonyl (C=O) groups excluding carboxylic acids is 4. The molecule has 1 atom stereocenters. The van der Waals surface area contributed by atoms with E-state index in [9.17, 15) is 9.59 Å². The summed E-state index contributed by atoms with van der Waals surface area (Å²) in [6.07, 6.45) is 0.503. The van der Waals surface area contributed by atoms with E-state index in [-0.39, 0.29) is 11.8 Å². The maximum atomic E-state index is 12.1. The highest BCUT2D eigenvalue weighted by Gasteiger charge is 2.35. The number of carbonyl (C=O) groups is 2. The molecule has 1 aliphatic carbocycles. The highest BCUT2D eigenvalue weighted by Crippen LogP contribution is 2.45. The van der Waals surface area contributed by atoms with Gasteiger partial charge in [0, 0.05) is 44.5 Å². The maximum Gasteiger partial charge on any atom is 0.270 e. The van der Waals surface area contributed by atoms with Crippen LogP contribution >= 0.6 is 31.9 Å². The molecule has 1 unspecified atom stereocenters. The van der Waals surface area contributed by atoms with Crippen molar-refractivity contribution in [3.8, 4) is 0 Å². The summed E-state index contributed by atoms with van der Waals surface area (Å²) in [5, 5.41) is 8.38. The van der Waals surface area contributed by atoms with Crippen LogP contribution in [0.25, 0.3) is 0 Å². The summed E-state index contributed by atoms with van der Waals surface area (Å²) in [6, 6.07) is 0. The monoisotopic (exact) mass is 482 g/mol. The number of nitrogens with one attached hydrogen (secondary N) is 3. The number of hydrogen-bond donors (Lipinski definition) is 4. The Balaban J connectivity index is 0.000000352. The Morgan fingerprint density at radius 3 is 2.19 bits per heavy atom. The molecule has 2 amide bonds. The predicted molar refractivity (Wildman–Crippen MR) is 98.8 cm³/mol. The molecule has 3 rings (SSSR count). The van der Waals surface area contributed by atoms with Crippen molar-refractivity contribution in [2.45, 2.75) is 19.1 Å². The van der Waals surface area contributed by atoms with Crippen LogP contribution in [0, 0.1) is 0 Å². The van der Waals surface area contributed by atoms with Crippen LogP contribution in [-0.2, 0) is 19.2 Å². The van der Waals surface area contributed by atoms with Gasteiger partial charge in [0.05, 0.1) is 0 Å². The summed E-state index contributed by atoms with van der Waals surface area (Å²) in [5.74, 6) is 2.06. The van der Waals surface area contributed by atoms with Crippen molar-refractivity contribution in [1.82, 2.24) is 16.0 Å². The lowest BCUT2D eigenvalue weighted by Gasteiger charge is -2.11. The average Bonchev–Trinajstić information content (AvgIpc) is 3.03. The zero-order valence-electron chi connectivity index (χ0n) is 13.2. The lowest BCUT2D eigenvalue weighted by molar-refractivity contribution is -0.117. The fraction of sp³-hybridized carbons (Fsp3) is 0.250. The quantitative estimate of drug-likeness (QED) is 0.217. The number of halogens is 2. The van der Waals surface area contributed by atoms with Gasteiger partial charge < -0.3 is 16.0 Å². The van der Waals surface area contributed by atoms with E-state index in [1.807, 2.05) is 0 Å². The first-order valence-corrected chi connectivity index (χ1v) is 8.86. The van der Waals surface area contributed by atoms with Crippen LogP contribution in [0.4, 0.5) is 0 Å². The van der Waals surface area contributed by atoms with E-state index in [0.717, 1.165) is 20.1 Å². The molecule has 1 saturated heterocycles. The zero-order valence-corrected chi connectivity index (χ0v) is 16.3. The number of amides is 2. The Hall–Kier alpha value is -2.40. The molecule has 3 aliphatic rings. The summed E-state index contributed by atoms with van der Waals surface area (Å²) >= 11 is 6.95. The largest absolute Gasteiger partial charge is 0.352 e. The highest BCUT2D eigenvalue weighted by molar-refractivity contribution is 9.14. The fourth-order valence-corrected chi connectivity index (χ4v) is 3.72. The Kier molecular flexibility index (Phi) is 6.75. The summed E-state index contributed by atoms with van der Waals surface area (Å²) in [7, 11) is 0. The number of rotatable bonds is 0. The standard InChI is InChI=1S/C12H12Br2N4O2.C4O2/c13-6-3-5-7(8(6)14)4(1-2-16-10(5)19)9-11(20)18-12(15)17-9;5-3-1-2-4-6/h12,17H,1-3,15H2,(H,16,19)(H,18,20);/b9-4+;. The molecule has 0 aromatic rings. The normalized spacial score (nSPS) is 23.9. The van der Waals surface area contributed by atoms with E-state index in [4.69, 9.17) is 15.3 Å². The summed E-state index contributed by atoms with van der Waals surface area (Å²) in [5.41, 5.74) is 11.8. The first-order chi connectivity index (χ1) is 12.4. The van der Waals surface area contributed by atoms with Crippen molar-refractivity contribution in [3.63, 3.8) is 0 Å². The lowest BCUT2D eigenvalue weighted by Crippen LogP contribution is -2.40. The third-order valence-electron chi connectivity index (χ3n) is 3.61. The van der Waals surface area contributed by atoms with Gasteiger partial charge in [-0.2, -0.15) is 0 Å². The molecule has 0 aromatic carbocycles. The minimum absolute atomic E-state index is 0.0929. The van der Waals surface area contributed by atoms with Crippen LogP contribution in [-0.4, -0.2) is 36.5 Å². The van der Waals surface area contributed by atoms with Crippen molar-refractivity contribution in [2.24, 2.45) is 5.73 Å². The van der Waals surface area contributed by atoms with Gasteiger partial charge in [0.15, 0.2) is 18.2 Å². The topological polar surface area (TPSA) is 130 Å². The number of hydrogen-bond acceptors (Lipinski definition) is 6. The summed E-state index contributed by atoms with van der Waals surface area (Å²) in [6.45, 7) is 0.493. The molecule has 2 heterocycles. The van der Waals surface area contributed by atoms with Crippen molar-refractivity contribution < 1.29 is 19.2 Å². The molecular weight excluding hydrogens is 472 g/mol. The van der Waals surface area contributed by atoms with Gasteiger partial charge in [-0.3, -0.25) is 15.3 Å². The second kappa shape index (κ2) is 8.81. The van der Waals surface area contributed by atoms with E-state index in [1.165, 1.54) is 11.9 Å². The molecule has 0 radical (unpaired) electrons. The van der Waals surface area contributed by atoms with Gasteiger partial charge in [0.1, 0.15) is 5.70 Å². The molecule has 0 aromatic heterocycles. The smallest absolute Gasteiger partial charge is 0.270 e. The Morgan fingerprint density at radius 2 is 1.65 bits per heavy atom. The molecule has 134 valence electrons. The first kappa shape index (κ1) is 19.9. The van der Waals surface area contributed by atoms with Crippen LogP contribution in [0.2, 0.25) is 0 Å². The molecule has 0 bridgehead atoms. The molecule has 2 aliphatic heterocycles. The second-order valence-electron chi connectivity index (χ2n) is 5.16. The van der Waals surface area contributed by atoms with Crippen LogP contribution in [0.5, 0.6) is 0 Å². The van der Waals surface area contributed by atoms with Crippen molar-refractivity contribution in [2.75, 3.05) is 6.54 Å². The van der Waals surface area contributed by atoms with Crippen LogP contribution in [0.1, 0.15) is 12.8 Å². The van der Waals surface area contributed by atoms with Crippen molar-refractivity contribution >= 4 is 55.6 Å². The van der Waals surface area contributed by atoms with E-state index in [2.05, 4.69) is 47.8 Å². The molecular formula is C16H12Br2N4O4. The Labute approximate surface area is 164 Å². The van der Waals surface area contributed by atoms with Gasteiger partial charge in [-0.15, -0.1) is 0 Å². The molecule has 26 heavy (non-hydrogen) atoms. The molecule has 0 saturated carbocycles. The molecule has 10 heteroatoms. The predicted octanol–water partition coefficient (Wildman–Crippen LogP) is -0.0602. The van der Waals surface area contributed by atoms with Gasteiger partial charge in [-0.05, 0) is 27.9 Å². The fourth-order valence-electron chi connectivity index (χ4n) is 2.63. The van der Waals surface area contributed by atoms with Crippen molar-refractivity contribution in [1.29, 1.82) is 0 Å². The average molecular weight is 484 g/mol. The molecule has 0 spiro atoms. The second-order valence-corrected chi connectivity index (χ2v) is 6.91. The first-order valence-electron chi connectivity index (χ1n) is 7.27. The highest BCUT2D eigenvalue weighted by atomic mass is 79.9. The van der Waals surface area contributed by atoms with E-state index in [0.29, 0.717) is 30.7 Å². The van der Waals surface area contributed by atoms with Crippen molar-refractivity contribution in [3.05, 3.63) is 42.8 Å². The molecule has 1 fully saturated rings. The van der Waals surface area contributed by atoms with Gasteiger partial charge in [-0.25, -0.2) is 9.59 Å². The maximum absolute atomic E-state index is 12.1. The summed E-state index contributed by atoms with van der Waals surface area (Å²) < 4.78 is 1.72. The van der Waals surface area contributed by atoms with Crippen LogP contribution < -0.4 is 21.7 Å². The van der Waals surface area contributed by atoms with Gasteiger partial charge in [0.2, 0.25) is 5.91 Å². The SMILES string of the molecule is NC1NC(=O)/C(=C2/CCNC(=O)C3=C2C(Br)=C(Br)C3)N1.O=C=C=C=C=O. The van der Waals surface area contributed by atoms with E-state index < -0.39 is 6.29 Å². The van der Waals surface area contributed by atoms with E-state index in [1.54, 1.807) is 11.5 Å². The van der Waals surface area contributed by atoms with E-state index >= 15 is 0 Å².